The van der Waals surface area contributed by atoms with E-state index in [2.05, 4.69) is 0 Å². The lowest BCUT2D eigenvalue weighted by molar-refractivity contribution is -0.255. The molecule has 1 amide bonds. The first-order valence-corrected chi connectivity index (χ1v) is 7.93. The number of amides is 1. The molecule has 0 atom stereocenters. The van der Waals surface area contributed by atoms with Crippen LogP contribution in [-0.4, -0.2) is 30.3 Å². The molecule has 2 heterocycles. The predicted molar refractivity (Wildman–Crippen MR) is 81.5 cm³/mol. The van der Waals surface area contributed by atoms with Crippen molar-refractivity contribution in [2.45, 2.75) is 18.5 Å². The number of ketones is 1. The predicted octanol–water partition coefficient (Wildman–Crippen LogP) is 4.33. The van der Waals surface area contributed by atoms with Gasteiger partial charge in [0, 0.05) is 12.2 Å². The van der Waals surface area contributed by atoms with Crippen LogP contribution in [0.2, 0.25) is 0 Å². The number of carbonyl (C=O) groups excluding carboxylic acids is 2. The molecule has 132 valence electrons. The maximum absolute atomic E-state index is 13.2. The Balaban J connectivity index is 1.85. The third-order valence-electron chi connectivity index (χ3n) is 3.81. The third-order valence-corrected chi connectivity index (χ3v) is 4.89. The Labute approximate surface area is 142 Å². The first-order chi connectivity index (χ1) is 11.6. The number of nitrogens with zero attached hydrogens (tertiary/aromatic N) is 1. The Morgan fingerprint density at radius 1 is 0.960 bits per heavy atom. The molecule has 0 radical (unpaired) electrons. The Kier molecular flexibility index (Phi) is 4.14. The van der Waals surface area contributed by atoms with Crippen LogP contribution < -0.4 is 4.90 Å². The maximum Gasteiger partial charge on any atom is 0.461 e. The highest BCUT2D eigenvalue weighted by molar-refractivity contribution is 7.16. The molecule has 1 aliphatic rings. The van der Waals surface area contributed by atoms with E-state index in [1.54, 1.807) is 12.1 Å². The minimum absolute atomic E-state index is 0.0713. The number of hydrogen-bond acceptors (Lipinski definition) is 3. The van der Waals surface area contributed by atoms with Gasteiger partial charge in [0.15, 0.2) is 0 Å². The van der Waals surface area contributed by atoms with Gasteiger partial charge in [-0.25, -0.2) is 0 Å². The normalized spacial score (nSPS) is 14.5. The fourth-order valence-electron chi connectivity index (χ4n) is 2.54. The van der Waals surface area contributed by atoms with E-state index >= 15 is 0 Å². The number of para-hydroxylation sites is 1. The van der Waals surface area contributed by atoms with Gasteiger partial charge in [-0.2, -0.15) is 22.0 Å². The van der Waals surface area contributed by atoms with Gasteiger partial charge in [-0.1, -0.05) is 18.2 Å². The van der Waals surface area contributed by atoms with Crippen LogP contribution in [0.4, 0.5) is 27.6 Å². The molecule has 3 nitrogen and oxygen atoms in total. The number of benzene rings is 1. The summed E-state index contributed by atoms with van der Waals surface area (Å²) in [7, 11) is 0. The lowest BCUT2D eigenvalue weighted by atomic mass is 10.2. The van der Waals surface area contributed by atoms with Gasteiger partial charge in [0.25, 0.3) is 11.7 Å². The van der Waals surface area contributed by atoms with Gasteiger partial charge >= 0.3 is 12.1 Å². The zero-order valence-electron chi connectivity index (χ0n) is 12.4. The van der Waals surface area contributed by atoms with Crippen molar-refractivity contribution in [3.8, 4) is 0 Å². The van der Waals surface area contributed by atoms with Crippen molar-refractivity contribution in [1.82, 2.24) is 0 Å². The highest BCUT2D eigenvalue weighted by atomic mass is 32.1. The Hall–Kier alpha value is -2.29. The van der Waals surface area contributed by atoms with Gasteiger partial charge < -0.3 is 4.90 Å². The molecule has 0 saturated heterocycles. The summed E-state index contributed by atoms with van der Waals surface area (Å²) in [5, 5.41) is 0. The average molecular weight is 375 g/mol. The standard InChI is InChI=1S/C16H10F5NO2S/c17-15(18,16(19,20)21)13(23)11-5-6-12(25-11)14(24)22-8-7-9-3-1-2-4-10(9)22/h1-6H,7-8H2. The van der Waals surface area contributed by atoms with Crippen LogP contribution in [0.3, 0.4) is 0 Å². The van der Waals surface area contributed by atoms with Crippen molar-refractivity contribution >= 4 is 28.7 Å². The fraction of sp³-hybridized carbons (Fsp3) is 0.250. The molecule has 9 heteroatoms. The van der Waals surface area contributed by atoms with Crippen molar-refractivity contribution in [2.24, 2.45) is 0 Å². The van der Waals surface area contributed by atoms with Gasteiger partial charge in [0.05, 0.1) is 9.75 Å². The van der Waals surface area contributed by atoms with Crippen molar-refractivity contribution in [1.29, 1.82) is 0 Å². The SMILES string of the molecule is O=C(c1ccc(C(=O)C(F)(F)C(F)(F)F)s1)N1CCc2ccccc21. The van der Waals surface area contributed by atoms with Gasteiger partial charge in [0.2, 0.25) is 0 Å². The Bertz CT molecular complexity index is 843. The van der Waals surface area contributed by atoms with E-state index in [0.29, 0.717) is 30.0 Å². The number of hydrogen-bond donors (Lipinski definition) is 0. The van der Waals surface area contributed by atoms with E-state index < -0.39 is 28.7 Å². The molecule has 2 aromatic rings. The number of anilines is 1. The van der Waals surface area contributed by atoms with E-state index in [4.69, 9.17) is 0 Å². The molecule has 0 fully saturated rings. The second-order valence-electron chi connectivity index (χ2n) is 5.40. The Morgan fingerprint density at radius 3 is 2.28 bits per heavy atom. The highest BCUT2D eigenvalue weighted by Gasteiger charge is 2.63. The molecule has 3 rings (SSSR count). The molecular weight excluding hydrogens is 365 g/mol. The van der Waals surface area contributed by atoms with E-state index in [9.17, 15) is 31.5 Å². The van der Waals surface area contributed by atoms with Crippen LogP contribution in [0.5, 0.6) is 0 Å². The van der Waals surface area contributed by atoms with E-state index in [-0.39, 0.29) is 4.88 Å². The topological polar surface area (TPSA) is 37.4 Å². The summed E-state index contributed by atoms with van der Waals surface area (Å²) in [5.41, 5.74) is 1.60. The first kappa shape index (κ1) is 17.5. The number of halogens is 5. The zero-order valence-corrected chi connectivity index (χ0v) is 13.3. The molecule has 1 aromatic carbocycles. The molecule has 0 N–H and O–H groups in total. The van der Waals surface area contributed by atoms with Crippen LogP contribution >= 0.6 is 11.3 Å². The Morgan fingerprint density at radius 2 is 1.60 bits per heavy atom. The molecule has 1 aliphatic heterocycles. The van der Waals surface area contributed by atoms with Crippen LogP contribution in [0, 0.1) is 0 Å². The summed E-state index contributed by atoms with van der Waals surface area (Å²) < 4.78 is 63.2. The maximum atomic E-state index is 13.2. The van der Waals surface area contributed by atoms with Crippen molar-refractivity contribution in [3.05, 3.63) is 51.7 Å². The molecule has 0 aliphatic carbocycles. The summed E-state index contributed by atoms with van der Waals surface area (Å²) in [6, 6.07) is 9.02. The van der Waals surface area contributed by atoms with Crippen LogP contribution in [-0.2, 0) is 6.42 Å². The minimum Gasteiger partial charge on any atom is -0.307 e. The van der Waals surface area contributed by atoms with E-state index in [0.717, 1.165) is 17.7 Å². The van der Waals surface area contributed by atoms with Gasteiger partial charge in [-0.3, -0.25) is 9.59 Å². The number of alkyl halides is 5. The van der Waals surface area contributed by atoms with Crippen molar-refractivity contribution in [2.75, 3.05) is 11.4 Å². The molecule has 1 aromatic heterocycles. The van der Waals surface area contributed by atoms with Crippen molar-refractivity contribution in [3.63, 3.8) is 0 Å². The third kappa shape index (κ3) is 2.92. The summed E-state index contributed by atoms with van der Waals surface area (Å²) in [6.45, 7) is 0.373. The van der Waals surface area contributed by atoms with Crippen LogP contribution in [0.1, 0.15) is 24.9 Å². The van der Waals surface area contributed by atoms with Gasteiger partial charge in [-0.15, -0.1) is 11.3 Å². The fourth-order valence-corrected chi connectivity index (χ4v) is 3.47. The number of Topliss-reactive ketones (excluding diaryl/α,β-unsaturated/α-hetero) is 1. The lowest BCUT2D eigenvalue weighted by Gasteiger charge is -2.17. The summed E-state index contributed by atoms with van der Waals surface area (Å²) in [6.07, 6.45) is -5.36. The van der Waals surface area contributed by atoms with Gasteiger partial charge in [0.1, 0.15) is 0 Å². The van der Waals surface area contributed by atoms with Crippen molar-refractivity contribution < 1.29 is 31.5 Å². The molecule has 0 spiro atoms. The lowest BCUT2D eigenvalue weighted by Crippen LogP contribution is -2.43. The molecular formula is C16H10F5NO2S. The number of fused-ring (bicyclic) bond motifs is 1. The minimum atomic E-state index is -5.98. The van der Waals surface area contributed by atoms with Gasteiger partial charge in [-0.05, 0) is 30.2 Å². The average Bonchev–Trinajstić information content (AvgIpc) is 3.19. The quantitative estimate of drug-likeness (QED) is 0.592. The number of thiophene rings is 1. The molecule has 0 saturated carbocycles. The van der Waals surface area contributed by atoms with Crippen LogP contribution in [0.25, 0.3) is 0 Å². The van der Waals surface area contributed by atoms with E-state index in [1.165, 1.54) is 4.90 Å². The number of carbonyl (C=O) groups is 2. The molecule has 0 bridgehead atoms. The smallest absolute Gasteiger partial charge is 0.307 e. The summed E-state index contributed by atoms with van der Waals surface area (Å²) in [5.74, 6) is -8.38. The highest BCUT2D eigenvalue weighted by Crippen LogP contribution is 2.39. The van der Waals surface area contributed by atoms with E-state index in [1.807, 2.05) is 12.1 Å². The van der Waals surface area contributed by atoms with Crippen LogP contribution in [0.15, 0.2) is 36.4 Å². The monoisotopic (exact) mass is 375 g/mol. The summed E-state index contributed by atoms with van der Waals surface area (Å²) >= 11 is 0.333. The second kappa shape index (κ2) is 5.91. The molecule has 0 unspecified atom stereocenters. The summed E-state index contributed by atoms with van der Waals surface area (Å²) in [4.78, 5) is 24.5. The second-order valence-corrected chi connectivity index (χ2v) is 6.48. The first-order valence-electron chi connectivity index (χ1n) is 7.12. The molecule has 25 heavy (non-hydrogen) atoms. The zero-order chi connectivity index (χ0) is 18.4. The largest absolute Gasteiger partial charge is 0.461 e. The number of rotatable bonds is 3.